The van der Waals surface area contributed by atoms with Gasteiger partial charge in [-0.25, -0.2) is 0 Å². The van der Waals surface area contributed by atoms with Crippen LogP contribution in [-0.2, 0) is 0 Å². The Labute approximate surface area is 71.4 Å². The first-order valence-electron chi connectivity index (χ1n) is 5.09. The fourth-order valence-electron chi connectivity index (χ4n) is 2.03. The molecule has 0 nitrogen and oxygen atoms in total. The molecule has 1 fully saturated rings. The zero-order valence-corrected chi connectivity index (χ0v) is 8.48. The second-order valence-electron chi connectivity index (χ2n) is 4.79. The Balaban J connectivity index is 2.41. The molecule has 0 aliphatic heterocycles. The molecule has 1 saturated carbocycles. The van der Waals surface area contributed by atoms with Crippen molar-refractivity contribution in [3.05, 3.63) is 0 Å². The highest BCUT2D eigenvalue weighted by Crippen LogP contribution is 2.50. The van der Waals surface area contributed by atoms with E-state index in [4.69, 9.17) is 0 Å². The highest BCUT2D eigenvalue weighted by molar-refractivity contribution is 4.90. The lowest BCUT2D eigenvalue weighted by molar-refractivity contribution is 0.180. The van der Waals surface area contributed by atoms with Crippen molar-refractivity contribution in [1.82, 2.24) is 0 Å². The van der Waals surface area contributed by atoms with Crippen molar-refractivity contribution < 1.29 is 0 Å². The molecule has 0 aromatic rings. The summed E-state index contributed by atoms with van der Waals surface area (Å²) in [4.78, 5) is 0. The van der Waals surface area contributed by atoms with E-state index in [0.717, 1.165) is 11.8 Å². The van der Waals surface area contributed by atoms with Crippen LogP contribution in [0.1, 0.15) is 53.4 Å². The van der Waals surface area contributed by atoms with Crippen molar-refractivity contribution in [3.8, 4) is 0 Å². The average Bonchev–Trinajstić information content (AvgIpc) is 2.68. The summed E-state index contributed by atoms with van der Waals surface area (Å²) in [5.74, 6) is 1.96. The highest BCUT2D eigenvalue weighted by Gasteiger charge is 2.40. The minimum Gasteiger partial charge on any atom is -0.0654 e. The molecule has 66 valence electrons. The van der Waals surface area contributed by atoms with E-state index in [1.165, 1.54) is 25.7 Å². The van der Waals surface area contributed by atoms with E-state index in [2.05, 4.69) is 27.7 Å². The Kier molecular flexibility index (Phi) is 2.61. The summed E-state index contributed by atoms with van der Waals surface area (Å²) in [6.45, 7) is 9.61. The molecule has 0 bridgehead atoms. The summed E-state index contributed by atoms with van der Waals surface area (Å²) in [6, 6.07) is 0. The van der Waals surface area contributed by atoms with Crippen molar-refractivity contribution in [3.63, 3.8) is 0 Å². The third kappa shape index (κ3) is 1.98. The van der Waals surface area contributed by atoms with Gasteiger partial charge in [-0.05, 0) is 30.1 Å². The van der Waals surface area contributed by atoms with Gasteiger partial charge in [-0.2, -0.15) is 0 Å². The van der Waals surface area contributed by atoms with Crippen molar-refractivity contribution in [2.24, 2.45) is 17.3 Å². The Morgan fingerprint density at radius 2 is 1.91 bits per heavy atom. The van der Waals surface area contributed by atoms with Gasteiger partial charge in [0.2, 0.25) is 0 Å². The van der Waals surface area contributed by atoms with E-state index < -0.39 is 0 Å². The van der Waals surface area contributed by atoms with Gasteiger partial charge in [0.25, 0.3) is 0 Å². The maximum atomic E-state index is 2.45. The molecule has 1 unspecified atom stereocenters. The zero-order valence-electron chi connectivity index (χ0n) is 8.48. The van der Waals surface area contributed by atoms with E-state index in [1.54, 1.807) is 0 Å². The Morgan fingerprint density at radius 1 is 1.36 bits per heavy atom. The first-order valence-corrected chi connectivity index (χ1v) is 5.09. The average molecular weight is 154 g/mol. The van der Waals surface area contributed by atoms with Gasteiger partial charge in [0.1, 0.15) is 0 Å². The molecule has 0 spiro atoms. The van der Waals surface area contributed by atoms with Gasteiger partial charge < -0.3 is 0 Å². The van der Waals surface area contributed by atoms with Crippen molar-refractivity contribution in [2.45, 2.75) is 53.4 Å². The fraction of sp³-hybridized carbons (Fsp3) is 1.00. The van der Waals surface area contributed by atoms with E-state index >= 15 is 0 Å². The third-order valence-electron chi connectivity index (χ3n) is 3.62. The first kappa shape index (κ1) is 9.09. The molecule has 0 heteroatoms. The number of hydrogen-bond acceptors (Lipinski definition) is 0. The minimum absolute atomic E-state index is 0.621. The molecule has 0 aromatic heterocycles. The lowest BCUT2D eigenvalue weighted by Gasteiger charge is -2.31. The SMILES string of the molecule is CCCC(C)C(C)(C)C1CC1. The van der Waals surface area contributed by atoms with Crippen molar-refractivity contribution in [2.75, 3.05) is 0 Å². The van der Waals surface area contributed by atoms with Crippen LogP contribution in [-0.4, -0.2) is 0 Å². The van der Waals surface area contributed by atoms with Crippen LogP contribution in [0.2, 0.25) is 0 Å². The van der Waals surface area contributed by atoms with Crippen LogP contribution in [0.3, 0.4) is 0 Å². The largest absolute Gasteiger partial charge is 0.0654 e. The van der Waals surface area contributed by atoms with Crippen LogP contribution >= 0.6 is 0 Å². The van der Waals surface area contributed by atoms with Gasteiger partial charge in [0.05, 0.1) is 0 Å². The van der Waals surface area contributed by atoms with Crippen molar-refractivity contribution >= 4 is 0 Å². The molecule has 11 heavy (non-hydrogen) atoms. The van der Waals surface area contributed by atoms with Crippen LogP contribution in [0.4, 0.5) is 0 Å². The van der Waals surface area contributed by atoms with Crippen LogP contribution in [0.25, 0.3) is 0 Å². The molecule has 0 N–H and O–H groups in total. The number of rotatable bonds is 4. The van der Waals surface area contributed by atoms with Crippen LogP contribution < -0.4 is 0 Å². The molecule has 0 aromatic carbocycles. The molecular formula is C11H22. The Morgan fingerprint density at radius 3 is 2.27 bits per heavy atom. The van der Waals surface area contributed by atoms with E-state index in [-0.39, 0.29) is 0 Å². The first-order chi connectivity index (χ1) is 5.09. The van der Waals surface area contributed by atoms with E-state index in [0.29, 0.717) is 5.41 Å². The topological polar surface area (TPSA) is 0 Å². The molecular weight excluding hydrogens is 132 g/mol. The predicted octanol–water partition coefficient (Wildman–Crippen LogP) is 3.86. The zero-order chi connectivity index (χ0) is 8.48. The maximum Gasteiger partial charge on any atom is -0.0300 e. The molecule has 0 heterocycles. The third-order valence-corrected chi connectivity index (χ3v) is 3.62. The van der Waals surface area contributed by atoms with Gasteiger partial charge >= 0.3 is 0 Å². The van der Waals surface area contributed by atoms with E-state index in [1.807, 2.05) is 0 Å². The van der Waals surface area contributed by atoms with Crippen LogP contribution in [0, 0.1) is 17.3 Å². The Bertz CT molecular complexity index is 120. The molecule has 0 saturated heterocycles. The summed E-state index contributed by atoms with van der Waals surface area (Å²) < 4.78 is 0. The summed E-state index contributed by atoms with van der Waals surface area (Å²) in [5, 5.41) is 0. The van der Waals surface area contributed by atoms with Crippen LogP contribution in [0.5, 0.6) is 0 Å². The fourth-order valence-corrected chi connectivity index (χ4v) is 2.03. The van der Waals surface area contributed by atoms with Gasteiger partial charge in [-0.3, -0.25) is 0 Å². The molecule has 1 aliphatic rings. The molecule has 1 rings (SSSR count). The monoisotopic (exact) mass is 154 g/mol. The molecule has 1 aliphatic carbocycles. The smallest absolute Gasteiger partial charge is 0.0300 e. The Hall–Kier alpha value is 0. The quantitative estimate of drug-likeness (QED) is 0.577. The summed E-state index contributed by atoms with van der Waals surface area (Å²) in [7, 11) is 0. The maximum absolute atomic E-state index is 2.45. The molecule has 1 atom stereocenters. The summed E-state index contributed by atoms with van der Waals surface area (Å²) >= 11 is 0. The highest BCUT2D eigenvalue weighted by atomic mass is 14.5. The summed E-state index contributed by atoms with van der Waals surface area (Å²) in [5.41, 5.74) is 0.621. The lowest BCUT2D eigenvalue weighted by atomic mass is 9.74. The van der Waals surface area contributed by atoms with Gasteiger partial charge in [-0.15, -0.1) is 0 Å². The van der Waals surface area contributed by atoms with Crippen molar-refractivity contribution in [1.29, 1.82) is 0 Å². The lowest BCUT2D eigenvalue weighted by Crippen LogP contribution is -2.23. The minimum atomic E-state index is 0.621. The molecule has 0 radical (unpaired) electrons. The van der Waals surface area contributed by atoms with E-state index in [9.17, 15) is 0 Å². The predicted molar refractivity (Wildman–Crippen MR) is 50.6 cm³/mol. The second-order valence-corrected chi connectivity index (χ2v) is 4.79. The number of hydrogen-bond donors (Lipinski definition) is 0. The molecule has 0 amide bonds. The normalized spacial score (nSPS) is 21.8. The van der Waals surface area contributed by atoms with Gasteiger partial charge in [0.15, 0.2) is 0 Å². The van der Waals surface area contributed by atoms with Gasteiger partial charge in [-0.1, -0.05) is 40.5 Å². The summed E-state index contributed by atoms with van der Waals surface area (Å²) in [6.07, 6.45) is 5.73. The standard InChI is InChI=1S/C11H22/c1-5-6-9(2)11(3,4)10-7-8-10/h9-10H,5-8H2,1-4H3. The van der Waals surface area contributed by atoms with Gasteiger partial charge in [0, 0.05) is 0 Å². The van der Waals surface area contributed by atoms with Crippen LogP contribution in [0.15, 0.2) is 0 Å². The second kappa shape index (κ2) is 3.16.